The monoisotopic (exact) mass is 299 g/mol. The van der Waals surface area contributed by atoms with Crippen molar-refractivity contribution in [3.63, 3.8) is 0 Å². The fraction of sp³-hybridized carbons (Fsp3) is 0.412. The Labute approximate surface area is 129 Å². The van der Waals surface area contributed by atoms with Crippen LogP contribution in [0.2, 0.25) is 0 Å². The number of nitrogens with zero attached hydrogens (tertiary/aromatic N) is 2. The van der Waals surface area contributed by atoms with Crippen molar-refractivity contribution >= 4 is 5.82 Å². The van der Waals surface area contributed by atoms with E-state index in [4.69, 9.17) is 0 Å². The molecule has 22 heavy (non-hydrogen) atoms. The van der Waals surface area contributed by atoms with Crippen LogP contribution in [0.4, 0.5) is 5.82 Å². The van der Waals surface area contributed by atoms with Gasteiger partial charge in [-0.2, -0.15) is 0 Å². The van der Waals surface area contributed by atoms with Gasteiger partial charge in [0, 0.05) is 19.2 Å². The number of fused-ring (bicyclic) bond motifs is 1. The van der Waals surface area contributed by atoms with E-state index in [0.717, 1.165) is 19.4 Å². The van der Waals surface area contributed by atoms with Crippen molar-refractivity contribution in [1.29, 1.82) is 0 Å². The van der Waals surface area contributed by atoms with Crippen LogP contribution in [-0.4, -0.2) is 16.1 Å². The molecule has 0 unspecified atom stereocenters. The van der Waals surface area contributed by atoms with Gasteiger partial charge >= 0.3 is 5.69 Å². The highest BCUT2D eigenvalue weighted by atomic mass is 16.2. The molecule has 0 saturated heterocycles. The van der Waals surface area contributed by atoms with E-state index in [-0.39, 0.29) is 17.3 Å². The molecule has 1 aromatic heterocycles. The molecule has 0 amide bonds. The molecule has 0 saturated carbocycles. The average Bonchev–Trinajstić information content (AvgIpc) is 2.51. The lowest BCUT2D eigenvalue weighted by atomic mass is 9.94. The SMILES string of the molecule is CCCn1c(=O)cc(N2CCc3ccccc3[C@@H]2C)[nH]c1=O. The van der Waals surface area contributed by atoms with Crippen LogP contribution in [0.5, 0.6) is 0 Å². The molecule has 1 aromatic carbocycles. The van der Waals surface area contributed by atoms with Gasteiger partial charge in [0.25, 0.3) is 5.56 Å². The molecule has 0 radical (unpaired) electrons. The number of H-pyrrole nitrogens is 1. The number of aromatic amines is 1. The van der Waals surface area contributed by atoms with Crippen molar-refractivity contribution in [2.75, 3.05) is 11.4 Å². The van der Waals surface area contributed by atoms with Crippen LogP contribution in [-0.2, 0) is 13.0 Å². The lowest BCUT2D eigenvalue weighted by Gasteiger charge is -2.36. The summed E-state index contributed by atoms with van der Waals surface area (Å²) >= 11 is 0. The van der Waals surface area contributed by atoms with Gasteiger partial charge in [-0.3, -0.25) is 14.3 Å². The van der Waals surface area contributed by atoms with Crippen LogP contribution >= 0.6 is 0 Å². The van der Waals surface area contributed by atoms with Crippen molar-refractivity contribution < 1.29 is 0 Å². The molecule has 2 heterocycles. The molecular weight excluding hydrogens is 278 g/mol. The van der Waals surface area contributed by atoms with Crippen LogP contribution in [0.1, 0.15) is 37.4 Å². The van der Waals surface area contributed by atoms with Crippen LogP contribution < -0.4 is 16.1 Å². The van der Waals surface area contributed by atoms with Gasteiger partial charge in [0.2, 0.25) is 0 Å². The Morgan fingerprint density at radius 3 is 2.77 bits per heavy atom. The first kappa shape index (κ1) is 14.6. The van der Waals surface area contributed by atoms with Crippen LogP contribution in [0, 0.1) is 0 Å². The minimum absolute atomic E-state index is 0.141. The largest absolute Gasteiger partial charge is 0.351 e. The molecule has 5 heteroatoms. The van der Waals surface area contributed by atoms with E-state index in [0.29, 0.717) is 12.4 Å². The molecule has 5 nitrogen and oxygen atoms in total. The van der Waals surface area contributed by atoms with Gasteiger partial charge in [-0.05, 0) is 30.9 Å². The summed E-state index contributed by atoms with van der Waals surface area (Å²) < 4.78 is 1.26. The highest BCUT2D eigenvalue weighted by Gasteiger charge is 2.24. The topological polar surface area (TPSA) is 58.1 Å². The summed E-state index contributed by atoms with van der Waals surface area (Å²) in [5.41, 5.74) is 2.04. The van der Waals surface area contributed by atoms with E-state index in [1.54, 1.807) is 6.07 Å². The number of nitrogens with one attached hydrogen (secondary N) is 1. The minimum atomic E-state index is -0.324. The zero-order valence-corrected chi connectivity index (χ0v) is 13.0. The Kier molecular flexibility index (Phi) is 3.88. The number of rotatable bonds is 3. The molecule has 0 spiro atoms. The Morgan fingerprint density at radius 1 is 1.27 bits per heavy atom. The molecule has 1 atom stereocenters. The van der Waals surface area contributed by atoms with Crippen molar-refractivity contribution in [2.45, 2.75) is 39.3 Å². The van der Waals surface area contributed by atoms with Crippen molar-refractivity contribution in [2.24, 2.45) is 0 Å². The van der Waals surface area contributed by atoms with Gasteiger partial charge in [0.05, 0.1) is 6.04 Å². The fourth-order valence-electron chi connectivity index (χ4n) is 3.20. The zero-order valence-electron chi connectivity index (χ0n) is 13.0. The number of benzene rings is 1. The van der Waals surface area contributed by atoms with E-state index in [9.17, 15) is 9.59 Å². The molecule has 0 bridgehead atoms. The van der Waals surface area contributed by atoms with Gasteiger partial charge < -0.3 is 4.90 Å². The summed E-state index contributed by atoms with van der Waals surface area (Å²) in [7, 11) is 0. The molecule has 1 N–H and O–H groups in total. The standard InChI is InChI=1S/C17H21N3O2/c1-3-9-20-16(21)11-15(18-17(20)22)19-10-8-13-6-4-5-7-14(13)12(19)2/h4-7,11-12H,3,8-10H2,1-2H3,(H,18,22)/t12-/m0/s1. The van der Waals surface area contributed by atoms with Gasteiger partial charge in [-0.1, -0.05) is 31.2 Å². The molecular formula is C17H21N3O2. The van der Waals surface area contributed by atoms with Crippen LogP contribution in [0.15, 0.2) is 39.9 Å². The molecule has 3 rings (SSSR count). The number of hydrogen-bond acceptors (Lipinski definition) is 3. The predicted octanol–water partition coefficient (Wildman–Crippen LogP) is 2.07. The third-order valence-electron chi connectivity index (χ3n) is 4.36. The highest BCUT2D eigenvalue weighted by Crippen LogP contribution is 2.31. The second-order valence-corrected chi connectivity index (χ2v) is 5.77. The molecule has 0 fully saturated rings. The quantitative estimate of drug-likeness (QED) is 0.944. The fourth-order valence-corrected chi connectivity index (χ4v) is 3.20. The van der Waals surface area contributed by atoms with E-state index >= 15 is 0 Å². The number of hydrogen-bond donors (Lipinski definition) is 1. The lowest BCUT2D eigenvalue weighted by molar-refractivity contribution is 0.588. The number of anilines is 1. The van der Waals surface area contributed by atoms with Gasteiger partial charge in [-0.25, -0.2) is 4.79 Å². The predicted molar refractivity (Wildman–Crippen MR) is 87.5 cm³/mol. The second-order valence-electron chi connectivity index (χ2n) is 5.77. The van der Waals surface area contributed by atoms with E-state index in [2.05, 4.69) is 35.0 Å². The highest BCUT2D eigenvalue weighted by molar-refractivity contribution is 5.46. The Bertz CT molecular complexity index is 760. The van der Waals surface area contributed by atoms with E-state index < -0.39 is 0 Å². The number of aromatic nitrogens is 2. The Morgan fingerprint density at radius 2 is 2.05 bits per heavy atom. The lowest BCUT2D eigenvalue weighted by Crippen LogP contribution is -2.40. The summed E-state index contributed by atoms with van der Waals surface area (Å²) in [6, 6.07) is 10.0. The summed E-state index contributed by atoms with van der Waals surface area (Å²) in [5.74, 6) is 0.615. The molecule has 116 valence electrons. The Hall–Kier alpha value is -2.30. The zero-order chi connectivity index (χ0) is 15.7. The smallest absolute Gasteiger partial charge is 0.329 e. The normalized spacial score (nSPS) is 17.4. The second kappa shape index (κ2) is 5.83. The first-order valence-corrected chi connectivity index (χ1v) is 7.80. The molecule has 2 aromatic rings. The van der Waals surface area contributed by atoms with Gasteiger partial charge in [-0.15, -0.1) is 0 Å². The van der Waals surface area contributed by atoms with Gasteiger partial charge in [0.1, 0.15) is 5.82 Å². The molecule has 0 aliphatic carbocycles. The first-order chi connectivity index (χ1) is 10.6. The molecule has 1 aliphatic rings. The average molecular weight is 299 g/mol. The van der Waals surface area contributed by atoms with Crippen LogP contribution in [0.3, 0.4) is 0 Å². The van der Waals surface area contributed by atoms with Crippen molar-refractivity contribution in [3.05, 3.63) is 62.3 Å². The van der Waals surface area contributed by atoms with Crippen molar-refractivity contribution in [3.8, 4) is 0 Å². The van der Waals surface area contributed by atoms with E-state index in [1.807, 2.05) is 13.0 Å². The summed E-state index contributed by atoms with van der Waals surface area (Å²) in [5, 5.41) is 0. The maximum Gasteiger partial charge on any atom is 0.329 e. The Balaban J connectivity index is 1.99. The van der Waals surface area contributed by atoms with Gasteiger partial charge in [0.15, 0.2) is 0 Å². The maximum atomic E-state index is 12.2. The van der Waals surface area contributed by atoms with Crippen LogP contribution in [0.25, 0.3) is 0 Å². The summed E-state index contributed by atoms with van der Waals surface area (Å²) in [6.07, 6.45) is 1.68. The summed E-state index contributed by atoms with van der Waals surface area (Å²) in [6.45, 7) is 5.30. The van der Waals surface area contributed by atoms with E-state index in [1.165, 1.54) is 15.7 Å². The minimum Gasteiger partial charge on any atom is -0.351 e. The maximum absolute atomic E-state index is 12.2. The first-order valence-electron chi connectivity index (χ1n) is 7.80. The summed E-state index contributed by atoms with van der Waals surface area (Å²) in [4.78, 5) is 29.3. The van der Waals surface area contributed by atoms with Crippen molar-refractivity contribution in [1.82, 2.24) is 9.55 Å². The third-order valence-corrected chi connectivity index (χ3v) is 4.36. The molecule has 1 aliphatic heterocycles. The third kappa shape index (κ3) is 2.47.